The van der Waals surface area contributed by atoms with Crippen LogP contribution in [0.5, 0.6) is 0 Å². The van der Waals surface area contributed by atoms with Crippen molar-refractivity contribution < 1.29 is 4.79 Å². The van der Waals surface area contributed by atoms with Crippen LogP contribution >= 0.6 is 11.5 Å². The zero-order valence-corrected chi connectivity index (χ0v) is 12.1. The van der Waals surface area contributed by atoms with Crippen LogP contribution in [0.25, 0.3) is 0 Å². The molecule has 2 rings (SSSR count). The smallest absolute Gasteiger partial charge is 0.258 e. The van der Waals surface area contributed by atoms with E-state index in [4.69, 9.17) is 0 Å². The maximum atomic E-state index is 12.5. The third kappa shape index (κ3) is 2.93. The lowest BCUT2D eigenvalue weighted by molar-refractivity contribution is 0.0785. The number of aromatic nitrogens is 1. The van der Waals surface area contributed by atoms with Gasteiger partial charge in [0.05, 0.1) is 11.3 Å². The van der Waals surface area contributed by atoms with Crippen molar-refractivity contribution in [1.82, 2.24) is 9.27 Å². The Kier molecular flexibility index (Phi) is 4.16. The van der Waals surface area contributed by atoms with Gasteiger partial charge < -0.3 is 10.2 Å². The summed E-state index contributed by atoms with van der Waals surface area (Å²) in [6, 6.07) is 9.95. The first kappa shape index (κ1) is 13.5. The van der Waals surface area contributed by atoms with E-state index in [1.807, 2.05) is 44.3 Å². The van der Waals surface area contributed by atoms with Gasteiger partial charge >= 0.3 is 0 Å². The topological polar surface area (TPSA) is 45.2 Å². The first-order valence-electron chi connectivity index (χ1n) is 6.07. The molecule has 0 aliphatic heterocycles. The van der Waals surface area contributed by atoms with Crippen molar-refractivity contribution in [2.24, 2.45) is 0 Å². The number of aryl methyl sites for hydroxylation is 1. The zero-order chi connectivity index (χ0) is 13.8. The molecule has 1 heterocycles. The van der Waals surface area contributed by atoms with Crippen LogP contribution in [0.1, 0.15) is 21.6 Å². The highest BCUT2D eigenvalue weighted by atomic mass is 32.1. The molecule has 5 heteroatoms. The predicted octanol–water partition coefficient (Wildman–Crippen LogP) is 2.77. The number of carbonyl (C=O) groups excluding carboxylic acids is 1. The molecule has 0 fully saturated rings. The maximum absolute atomic E-state index is 12.5. The van der Waals surface area contributed by atoms with Crippen molar-refractivity contribution in [1.29, 1.82) is 0 Å². The van der Waals surface area contributed by atoms with E-state index in [2.05, 4.69) is 9.69 Å². The Bertz CT molecular complexity index is 565. The Balaban J connectivity index is 2.17. The standard InChI is InChI=1S/C14H17N3OS/c1-10-12(13(15-2)19-16-10)14(18)17(3)9-11-7-5-4-6-8-11/h4-8,15H,9H2,1-3H3. The molecule has 2 aromatic rings. The van der Waals surface area contributed by atoms with Crippen LogP contribution in [0, 0.1) is 6.92 Å². The highest BCUT2D eigenvalue weighted by molar-refractivity contribution is 7.10. The monoisotopic (exact) mass is 275 g/mol. The molecule has 4 nitrogen and oxygen atoms in total. The molecule has 0 radical (unpaired) electrons. The van der Waals surface area contributed by atoms with Gasteiger partial charge in [0.25, 0.3) is 5.91 Å². The van der Waals surface area contributed by atoms with Crippen LogP contribution in [0.4, 0.5) is 5.00 Å². The van der Waals surface area contributed by atoms with E-state index in [0.29, 0.717) is 12.1 Å². The van der Waals surface area contributed by atoms with Gasteiger partial charge in [-0.25, -0.2) is 0 Å². The van der Waals surface area contributed by atoms with E-state index in [-0.39, 0.29) is 5.91 Å². The molecule has 1 aromatic carbocycles. The Morgan fingerprint density at radius 3 is 2.68 bits per heavy atom. The Morgan fingerprint density at radius 2 is 2.05 bits per heavy atom. The van der Waals surface area contributed by atoms with Gasteiger partial charge in [0.1, 0.15) is 5.00 Å². The molecule has 0 unspecified atom stereocenters. The second kappa shape index (κ2) is 5.84. The average molecular weight is 275 g/mol. The highest BCUT2D eigenvalue weighted by Crippen LogP contribution is 2.25. The maximum Gasteiger partial charge on any atom is 0.258 e. The molecule has 0 saturated carbocycles. The van der Waals surface area contributed by atoms with Crippen molar-refractivity contribution in [2.45, 2.75) is 13.5 Å². The number of nitrogens with one attached hydrogen (secondary N) is 1. The number of carbonyl (C=O) groups is 1. The molecule has 0 spiro atoms. The van der Waals surface area contributed by atoms with E-state index in [1.54, 1.807) is 11.9 Å². The largest absolute Gasteiger partial charge is 0.378 e. The van der Waals surface area contributed by atoms with Gasteiger partial charge in [0.15, 0.2) is 0 Å². The first-order chi connectivity index (χ1) is 9.13. The lowest BCUT2D eigenvalue weighted by Crippen LogP contribution is -2.27. The van der Waals surface area contributed by atoms with Gasteiger partial charge in [-0.2, -0.15) is 4.37 Å². The first-order valence-corrected chi connectivity index (χ1v) is 6.84. The lowest BCUT2D eigenvalue weighted by Gasteiger charge is -2.17. The van der Waals surface area contributed by atoms with E-state index < -0.39 is 0 Å². The molecular formula is C14H17N3OS. The number of rotatable bonds is 4. The molecule has 1 aromatic heterocycles. The second-order valence-electron chi connectivity index (χ2n) is 4.37. The van der Waals surface area contributed by atoms with Crippen LogP contribution in [0.15, 0.2) is 30.3 Å². The summed E-state index contributed by atoms with van der Waals surface area (Å²) >= 11 is 1.32. The van der Waals surface area contributed by atoms with Gasteiger partial charge in [-0.15, -0.1) is 0 Å². The molecule has 0 saturated heterocycles. The minimum atomic E-state index is -0.000506. The van der Waals surface area contributed by atoms with Gasteiger partial charge in [0, 0.05) is 20.6 Å². The molecule has 0 aliphatic rings. The SMILES string of the molecule is CNc1snc(C)c1C(=O)N(C)Cc1ccccc1. The van der Waals surface area contributed by atoms with Crippen molar-refractivity contribution in [3.05, 3.63) is 47.2 Å². The number of anilines is 1. The van der Waals surface area contributed by atoms with Gasteiger partial charge in [-0.05, 0) is 24.0 Å². The van der Waals surface area contributed by atoms with Crippen molar-refractivity contribution in [3.63, 3.8) is 0 Å². The van der Waals surface area contributed by atoms with E-state index in [9.17, 15) is 4.79 Å². The van der Waals surface area contributed by atoms with Crippen LogP contribution in [-0.2, 0) is 6.54 Å². The van der Waals surface area contributed by atoms with Gasteiger partial charge in [-0.1, -0.05) is 30.3 Å². The summed E-state index contributed by atoms with van der Waals surface area (Å²) in [6.45, 7) is 2.46. The summed E-state index contributed by atoms with van der Waals surface area (Å²) in [4.78, 5) is 14.2. The molecule has 100 valence electrons. The minimum absolute atomic E-state index is 0.000506. The zero-order valence-electron chi connectivity index (χ0n) is 11.3. The molecule has 19 heavy (non-hydrogen) atoms. The lowest BCUT2D eigenvalue weighted by atomic mass is 10.2. The molecule has 0 aliphatic carbocycles. The third-order valence-electron chi connectivity index (χ3n) is 2.91. The Morgan fingerprint density at radius 1 is 1.37 bits per heavy atom. The summed E-state index contributed by atoms with van der Waals surface area (Å²) in [5.41, 5.74) is 2.57. The van der Waals surface area contributed by atoms with Crippen LogP contribution in [0.3, 0.4) is 0 Å². The van der Waals surface area contributed by atoms with Crippen molar-refractivity contribution in [2.75, 3.05) is 19.4 Å². The van der Waals surface area contributed by atoms with Gasteiger partial charge in [0.2, 0.25) is 0 Å². The van der Waals surface area contributed by atoms with Crippen LogP contribution in [-0.4, -0.2) is 29.3 Å². The number of benzene rings is 1. The van der Waals surface area contributed by atoms with Gasteiger partial charge in [-0.3, -0.25) is 4.79 Å². The fourth-order valence-corrected chi connectivity index (χ4v) is 2.65. The normalized spacial score (nSPS) is 10.3. The molecule has 0 atom stereocenters. The molecular weight excluding hydrogens is 258 g/mol. The van der Waals surface area contributed by atoms with E-state index in [1.165, 1.54) is 11.5 Å². The summed E-state index contributed by atoms with van der Waals surface area (Å²) in [6.07, 6.45) is 0. The number of amides is 1. The minimum Gasteiger partial charge on any atom is -0.378 e. The number of hydrogen-bond donors (Lipinski definition) is 1. The summed E-state index contributed by atoms with van der Waals surface area (Å²) in [7, 11) is 3.62. The fourth-order valence-electron chi connectivity index (χ4n) is 1.91. The Hall–Kier alpha value is -1.88. The second-order valence-corrected chi connectivity index (χ2v) is 5.14. The third-order valence-corrected chi connectivity index (χ3v) is 3.87. The molecule has 1 N–H and O–H groups in total. The predicted molar refractivity (Wildman–Crippen MR) is 78.6 cm³/mol. The summed E-state index contributed by atoms with van der Waals surface area (Å²) in [5, 5.41) is 3.85. The van der Waals surface area contributed by atoms with Crippen molar-refractivity contribution >= 4 is 22.4 Å². The van der Waals surface area contributed by atoms with E-state index >= 15 is 0 Å². The molecule has 1 amide bonds. The van der Waals surface area contributed by atoms with Crippen molar-refractivity contribution in [3.8, 4) is 0 Å². The van der Waals surface area contributed by atoms with Crippen LogP contribution in [0.2, 0.25) is 0 Å². The Labute approximate surface area is 117 Å². The molecule has 0 bridgehead atoms. The van der Waals surface area contributed by atoms with Crippen LogP contribution < -0.4 is 5.32 Å². The highest BCUT2D eigenvalue weighted by Gasteiger charge is 2.21. The quantitative estimate of drug-likeness (QED) is 0.933. The van der Waals surface area contributed by atoms with E-state index in [0.717, 1.165) is 16.3 Å². The summed E-state index contributed by atoms with van der Waals surface area (Å²) < 4.78 is 4.23. The fraction of sp³-hybridized carbons (Fsp3) is 0.286. The number of nitrogens with zero attached hydrogens (tertiary/aromatic N) is 2. The summed E-state index contributed by atoms with van der Waals surface area (Å²) in [5.74, 6) is -0.000506. The number of hydrogen-bond acceptors (Lipinski definition) is 4. The average Bonchev–Trinajstić information content (AvgIpc) is 2.80.